The largest absolute Gasteiger partial charge is 0.462 e. The first-order chi connectivity index (χ1) is 10.2. The average Bonchev–Trinajstić information content (AvgIpc) is 2.52. The molecule has 0 aliphatic rings. The summed E-state index contributed by atoms with van der Waals surface area (Å²) in [4.78, 5) is 11.9. The summed E-state index contributed by atoms with van der Waals surface area (Å²) >= 11 is 1.57. The molecule has 1 aromatic carbocycles. The summed E-state index contributed by atoms with van der Waals surface area (Å²) in [6.45, 7) is 5.31. The van der Waals surface area contributed by atoms with Crippen molar-refractivity contribution >= 4 is 17.7 Å². The van der Waals surface area contributed by atoms with E-state index in [-0.39, 0.29) is 17.8 Å². The summed E-state index contributed by atoms with van der Waals surface area (Å²) in [5, 5.41) is 8.96. The maximum absolute atomic E-state index is 11.9. The normalized spacial score (nSPS) is 12.1. The van der Waals surface area contributed by atoms with E-state index in [2.05, 4.69) is 0 Å². The summed E-state index contributed by atoms with van der Waals surface area (Å²) in [6.07, 6.45) is 0.734. The SMILES string of the molecule is CCOCCOC(=O)C(CC)SCc1cccc(CO)c1. The topological polar surface area (TPSA) is 55.8 Å². The summed E-state index contributed by atoms with van der Waals surface area (Å²) in [6, 6.07) is 7.76. The van der Waals surface area contributed by atoms with E-state index < -0.39 is 0 Å². The number of hydrogen-bond acceptors (Lipinski definition) is 5. The van der Waals surface area contributed by atoms with Crippen molar-refractivity contribution in [3.63, 3.8) is 0 Å². The zero-order chi connectivity index (χ0) is 15.5. The van der Waals surface area contributed by atoms with Crippen LogP contribution in [-0.4, -0.2) is 36.1 Å². The lowest BCUT2D eigenvalue weighted by atomic mass is 10.1. The van der Waals surface area contributed by atoms with Gasteiger partial charge >= 0.3 is 5.97 Å². The van der Waals surface area contributed by atoms with Crippen LogP contribution in [0.15, 0.2) is 24.3 Å². The first-order valence-electron chi connectivity index (χ1n) is 7.25. The maximum Gasteiger partial charge on any atom is 0.319 e. The van der Waals surface area contributed by atoms with E-state index in [1.165, 1.54) is 0 Å². The molecule has 0 radical (unpaired) electrons. The smallest absolute Gasteiger partial charge is 0.319 e. The van der Waals surface area contributed by atoms with Gasteiger partial charge in [0.25, 0.3) is 0 Å². The minimum Gasteiger partial charge on any atom is -0.462 e. The number of carbonyl (C=O) groups excluding carboxylic acids is 1. The molecule has 0 aliphatic carbocycles. The molecule has 1 atom stereocenters. The lowest BCUT2D eigenvalue weighted by molar-refractivity contribution is -0.144. The number of carbonyl (C=O) groups is 1. The zero-order valence-corrected chi connectivity index (χ0v) is 13.5. The Morgan fingerprint density at radius 2 is 2.05 bits per heavy atom. The van der Waals surface area contributed by atoms with Crippen LogP contribution in [0.5, 0.6) is 0 Å². The predicted octanol–water partition coefficient (Wildman–Crippen LogP) is 2.77. The van der Waals surface area contributed by atoms with Crippen molar-refractivity contribution in [1.82, 2.24) is 0 Å². The Morgan fingerprint density at radius 3 is 2.71 bits per heavy atom. The van der Waals surface area contributed by atoms with Crippen LogP contribution < -0.4 is 0 Å². The van der Waals surface area contributed by atoms with Gasteiger partial charge in [-0.2, -0.15) is 0 Å². The molecule has 0 fully saturated rings. The molecule has 0 heterocycles. The fourth-order valence-electron chi connectivity index (χ4n) is 1.81. The number of aliphatic hydroxyl groups is 1. The molecule has 0 aliphatic heterocycles. The molecule has 1 rings (SSSR count). The molecule has 0 saturated carbocycles. The van der Waals surface area contributed by atoms with Crippen molar-refractivity contribution in [1.29, 1.82) is 0 Å². The Bertz CT molecular complexity index is 422. The van der Waals surface area contributed by atoms with Crippen LogP contribution in [0.25, 0.3) is 0 Å². The molecule has 0 aromatic heterocycles. The van der Waals surface area contributed by atoms with Crippen LogP contribution in [-0.2, 0) is 26.6 Å². The van der Waals surface area contributed by atoms with E-state index >= 15 is 0 Å². The first kappa shape index (κ1) is 18.0. The van der Waals surface area contributed by atoms with Gasteiger partial charge in [0.05, 0.1) is 13.2 Å². The highest BCUT2D eigenvalue weighted by molar-refractivity contribution is 7.99. The van der Waals surface area contributed by atoms with Gasteiger partial charge in [0, 0.05) is 12.4 Å². The van der Waals surface area contributed by atoms with E-state index in [9.17, 15) is 4.79 Å². The van der Waals surface area contributed by atoms with Crippen LogP contribution in [0, 0.1) is 0 Å². The molecule has 1 unspecified atom stereocenters. The third kappa shape index (κ3) is 6.98. The predicted molar refractivity (Wildman–Crippen MR) is 85.2 cm³/mol. The van der Waals surface area contributed by atoms with Crippen LogP contribution >= 0.6 is 11.8 Å². The number of thioether (sulfide) groups is 1. The monoisotopic (exact) mass is 312 g/mol. The summed E-state index contributed by atoms with van der Waals surface area (Å²) in [7, 11) is 0. The van der Waals surface area contributed by atoms with Gasteiger partial charge in [0.15, 0.2) is 0 Å². The second kappa shape index (κ2) is 10.7. The standard InChI is InChI=1S/C16H24O4S/c1-3-15(16(18)20-9-8-19-4-2)21-12-14-7-5-6-13(10-14)11-17/h5-7,10,15,17H,3-4,8-9,11-12H2,1-2H3. The van der Waals surface area contributed by atoms with Gasteiger partial charge in [-0.3, -0.25) is 4.79 Å². The second-order valence-electron chi connectivity index (χ2n) is 4.55. The molecule has 4 nitrogen and oxygen atoms in total. The maximum atomic E-state index is 11.9. The summed E-state index contributed by atoms with van der Waals surface area (Å²) in [5.74, 6) is 0.549. The van der Waals surface area contributed by atoms with Gasteiger partial charge in [0.2, 0.25) is 0 Å². The third-order valence-corrected chi connectivity index (χ3v) is 4.36. The van der Waals surface area contributed by atoms with E-state index in [0.29, 0.717) is 19.8 Å². The lowest BCUT2D eigenvalue weighted by Crippen LogP contribution is -2.21. The van der Waals surface area contributed by atoms with Crippen LogP contribution in [0.4, 0.5) is 0 Å². The van der Waals surface area contributed by atoms with Crippen molar-refractivity contribution in [3.8, 4) is 0 Å². The Labute approximate surface area is 130 Å². The molecule has 5 heteroatoms. The quantitative estimate of drug-likeness (QED) is 0.532. The molecule has 0 bridgehead atoms. The first-order valence-corrected chi connectivity index (χ1v) is 8.30. The van der Waals surface area contributed by atoms with Crippen LogP contribution in [0.2, 0.25) is 0 Å². The number of aliphatic hydroxyl groups excluding tert-OH is 1. The van der Waals surface area contributed by atoms with E-state index in [1.54, 1.807) is 11.8 Å². The van der Waals surface area contributed by atoms with Gasteiger partial charge in [-0.15, -0.1) is 11.8 Å². The molecule has 0 saturated heterocycles. The Morgan fingerprint density at radius 1 is 1.29 bits per heavy atom. The fourth-order valence-corrected chi connectivity index (χ4v) is 2.82. The average molecular weight is 312 g/mol. The van der Waals surface area contributed by atoms with Crippen molar-refractivity contribution in [2.45, 2.75) is 37.9 Å². The minimum absolute atomic E-state index is 0.0369. The van der Waals surface area contributed by atoms with Gasteiger partial charge in [-0.05, 0) is 24.5 Å². The number of benzene rings is 1. The van der Waals surface area contributed by atoms with Gasteiger partial charge in [-0.25, -0.2) is 0 Å². The highest BCUT2D eigenvalue weighted by Crippen LogP contribution is 2.22. The van der Waals surface area contributed by atoms with Crippen molar-refractivity contribution in [2.75, 3.05) is 19.8 Å². The van der Waals surface area contributed by atoms with Crippen molar-refractivity contribution in [3.05, 3.63) is 35.4 Å². The molecule has 0 spiro atoms. The summed E-state index contributed by atoms with van der Waals surface area (Å²) in [5.41, 5.74) is 1.99. The van der Waals surface area contributed by atoms with Crippen molar-refractivity contribution in [2.24, 2.45) is 0 Å². The van der Waals surface area contributed by atoms with E-state index in [1.807, 2.05) is 38.1 Å². The number of ether oxygens (including phenoxy) is 2. The van der Waals surface area contributed by atoms with Gasteiger partial charge < -0.3 is 14.6 Å². The highest BCUT2D eigenvalue weighted by Gasteiger charge is 2.18. The zero-order valence-electron chi connectivity index (χ0n) is 12.7. The molecular formula is C16H24O4S. The van der Waals surface area contributed by atoms with Crippen LogP contribution in [0.1, 0.15) is 31.4 Å². The van der Waals surface area contributed by atoms with Gasteiger partial charge in [-0.1, -0.05) is 31.2 Å². The van der Waals surface area contributed by atoms with Gasteiger partial charge in [0.1, 0.15) is 11.9 Å². The molecule has 1 N–H and O–H groups in total. The third-order valence-electron chi connectivity index (χ3n) is 2.93. The number of hydrogen-bond donors (Lipinski definition) is 1. The number of esters is 1. The Kier molecular flexibility index (Phi) is 9.14. The summed E-state index contributed by atoms with van der Waals surface area (Å²) < 4.78 is 10.4. The Balaban J connectivity index is 2.40. The molecule has 118 valence electrons. The Hall–Kier alpha value is -1.04. The fraction of sp³-hybridized carbons (Fsp3) is 0.562. The highest BCUT2D eigenvalue weighted by atomic mass is 32.2. The number of rotatable bonds is 10. The molecule has 1 aromatic rings. The van der Waals surface area contributed by atoms with E-state index in [0.717, 1.165) is 23.3 Å². The second-order valence-corrected chi connectivity index (χ2v) is 5.74. The van der Waals surface area contributed by atoms with E-state index in [4.69, 9.17) is 14.6 Å². The minimum atomic E-state index is -0.180. The molecule has 0 amide bonds. The van der Waals surface area contributed by atoms with Crippen molar-refractivity contribution < 1.29 is 19.4 Å². The van der Waals surface area contributed by atoms with Crippen LogP contribution in [0.3, 0.4) is 0 Å². The molecular weight excluding hydrogens is 288 g/mol. The lowest BCUT2D eigenvalue weighted by Gasteiger charge is -2.14. The molecule has 21 heavy (non-hydrogen) atoms.